The molecule has 1 amide bonds. The van der Waals surface area contributed by atoms with E-state index >= 15 is 0 Å². The van der Waals surface area contributed by atoms with Gasteiger partial charge < -0.3 is 5.32 Å². The lowest BCUT2D eigenvalue weighted by Gasteiger charge is -2.05. The fraction of sp³-hybridized carbons (Fsp3) is 0.500. The van der Waals surface area contributed by atoms with Gasteiger partial charge >= 0.3 is 0 Å². The summed E-state index contributed by atoms with van der Waals surface area (Å²) in [6.07, 6.45) is 2.15. The van der Waals surface area contributed by atoms with Crippen LogP contribution in [0.5, 0.6) is 0 Å². The number of hydrogen-bond acceptors (Lipinski definition) is 1. The van der Waals surface area contributed by atoms with E-state index in [1.54, 1.807) is 0 Å². The topological polar surface area (TPSA) is 29.1 Å². The number of amides is 1. The maximum absolute atomic E-state index is 13.5. The maximum atomic E-state index is 13.5. The van der Waals surface area contributed by atoms with E-state index in [-0.39, 0.29) is 23.6 Å². The fourth-order valence-corrected chi connectivity index (χ4v) is 2.21. The Labute approximate surface area is 105 Å². The summed E-state index contributed by atoms with van der Waals surface area (Å²) in [5.74, 6) is -0.455. The average Bonchev–Trinajstić information content (AvgIpc) is 3.09. The Morgan fingerprint density at radius 2 is 2.22 bits per heavy atom. The summed E-state index contributed by atoms with van der Waals surface area (Å²) in [5, 5.41) is 2.82. The van der Waals surface area contributed by atoms with Crippen molar-refractivity contribution in [3.8, 4) is 0 Å². The third kappa shape index (κ3) is 3.06. The first-order valence-electron chi connectivity index (χ1n) is 6.33. The Hall–Kier alpha value is -1.45. The summed E-state index contributed by atoms with van der Waals surface area (Å²) in [5.41, 5.74) is 0.435. The molecule has 0 radical (unpaired) electrons. The van der Waals surface area contributed by atoms with Crippen LogP contribution < -0.4 is 5.32 Å². The second-order valence-electron chi connectivity index (χ2n) is 4.82. The number of hydrogen-bond donors (Lipinski definition) is 1. The number of carbonyl (C=O) groups excluding carboxylic acids is 1. The summed E-state index contributed by atoms with van der Waals surface area (Å²) < 4.78 is 26.5. The average molecular weight is 253 g/mol. The first-order chi connectivity index (χ1) is 8.61. The van der Waals surface area contributed by atoms with Gasteiger partial charge in [0.2, 0.25) is 5.91 Å². The van der Waals surface area contributed by atoms with Gasteiger partial charge in [-0.25, -0.2) is 8.78 Å². The van der Waals surface area contributed by atoms with Crippen LogP contribution in [0.1, 0.15) is 37.7 Å². The third-order valence-electron chi connectivity index (χ3n) is 3.32. The lowest BCUT2D eigenvalue weighted by Crippen LogP contribution is -2.25. The molecule has 2 nitrogen and oxygen atoms in total. The van der Waals surface area contributed by atoms with E-state index in [0.29, 0.717) is 18.5 Å². The van der Waals surface area contributed by atoms with Crippen molar-refractivity contribution in [3.63, 3.8) is 0 Å². The van der Waals surface area contributed by atoms with Crippen molar-refractivity contribution in [2.75, 3.05) is 6.54 Å². The summed E-state index contributed by atoms with van der Waals surface area (Å²) in [4.78, 5) is 11.3. The molecule has 98 valence electrons. The Morgan fingerprint density at radius 3 is 2.94 bits per heavy atom. The molecule has 1 N–H and O–H groups in total. The fourth-order valence-electron chi connectivity index (χ4n) is 2.21. The maximum Gasteiger partial charge on any atom is 0.219 e. The van der Waals surface area contributed by atoms with Gasteiger partial charge in [0.1, 0.15) is 11.6 Å². The zero-order chi connectivity index (χ0) is 13.1. The molecule has 4 heteroatoms. The van der Waals surface area contributed by atoms with Crippen molar-refractivity contribution in [2.45, 2.75) is 32.1 Å². The van der Waals surface area contributed by atoms with E-state index in [9.17, 15) is 13.6 Å². The lowest BCUT2D eigenvalue weighted by molar-refractivity contribution is -0.121. The van der Waals surface area contributed by atoms with E-state index in [1.165, 1.54) is 6.07 Å². The van der Waals surface area contributed by atoms with Gasteiger partial charge in [0.25, 0.3) is 0 Å². The number of carbonyl (C=O) groups is 1. The highest BCUT2D eigenvalue weighted by Crippen LogP contribution is 2.47. The minimum atomic E-state index is -0.410. The van der Waals surface area contributed by atoms with E-state index in [0.717, 1.165) is 25.0 Å². The van der Waals surface area contributed by atoms with Crippen molar-refractivity contribution in [3.05, 3.63) is 35.4 Å². The van der Waals surface area contributed by atoms with Gasteiger partial charge in [-0.2, -0.15) is 0 Å². The third-order valence-corrected chi connectivity index (χ3v) is 3.32. The first-order valence-corrected chi connectivity index (χ1v) is 6.33. The Kier molecular flexibility index (Phi) is 3.94. The Morgan fingerprint density at radius 1 is 1.44 bits per heavy atom. The van der Waals surface area contributed by atoms with Gasteiger partial charge in [0.05, 0.1) is 0 Å². The van der Waals surface area contributed by atoms with Crippen molar-refractivity contribution in [1.82, 2.24) is 5.32 Å². The van der Waals surface area contributed by atoms with Crippen molar-refractivity contribution < 1.29 is 13.6 Å². The summed E-state index contributed by atoms with van der Waals surface area (Å²) >= 11 is 0. The molecule has 1 aromatic rings. The van der Waals surface area contributed by atoms with Gasteiger partial charge in [0, 0.05) is 13.0 Å². The zero-order valence-electron chi connectivity index (χ0n) is 10.4. The van der Waals surface area contributed by atoms with E-state index < -0.39 is 5.82 Å². The van der Waals surface area contributed by atoms with Gasteiger partial charge in [-0.1, -0.05) is 6.92 Å². The van der Waals surface area contributed by atoms with Crippen molar-refractivity contribution in [1.29, 1.82) is 0 Å². The highest BCUT2D eigenvalue weighted by Gasteiger charge is 2.39. The van der Waals surface area contributed by atoms with Crippen LogP contribution in [0.15, 0.2) is 18.2 Å². The smallest absolute Gasteiger partial charge is 0.219 e. The standard InChI is InChI=1S/C14H17F2NO/c1-2-3-14(18)17-8-9-6-11(9)12-7-10(15)4-5-13(12)16/h4-5,7,9,11H,2-3,6,8H2,1H3,(H,17,18). The van der Waals surface area contributed by atoms with Crippen LogP contribution in [-0.4, -0.2) is 12.5 Å². The molecule has 0 aromatic heterocycles. The quantitative estimate of drug-likeness (QED) is 0.858. The second-order valence-corrected chi connectivity index (χ2v) is 4.82. The molecule has 2 unspecified atom stereocenters. The van der Waals surface area contributed by atoms with Gasteiger partial charge in [-0.15, -0.1) is 0 Å². The minimum absolute atomic E-state index is 0.0304. The highest BCUT2D eigenvalue weighted by atomic mass is 19.1. The molecule has 0 saturated heterocycles. The van der Waals surface area contributed by atoms with E-state index in [2.05, 4.69) is 5.32 Å². The van der Waals surface area contributed by atoms with Crippen LogP contribution >= 0.6 is 0 Å². The summed E-state index contributed by atoms with van der Waals surface area (Å²) in [6.45, 7) is 2.50. The molecular formula is C14H17F2NO. The molecule has 1 aromatic carbocycles. The molecule has 2 rings (SSSR count). The molecule has 1 saturated carbocycles. The molecule has 0 bridgehead atoms. The van der Waals surface area contributed by atoms with E-state index in [1.807, 2.05) is 6.92 Å². The number of halogens is 2. The predicted molar refractivity (Wildman–Crippen MR) is 65.1 cm³/mol. The molecular weight excluding hydrogens is 236 g/mol. The molecule has 0 spiro atoms. The van der Waals surface area contributed by atoms with Crippen LogP contribution in [0.2, 0.25) is 0 Å². The Bertz CT molecular complexity index is 447. The number of rotatable bonds is 5. The molecule has 0 heterocycles. The lowest BCUT2D eigenvalue weighted by atomic mass is 10.1. The predicted octanol–water partition coefficient (Wildman–Crippen LogP) is 2.98. The van der Waals surface area contributed by atoms with Crippen LogP contribution in [-0.2, 0) is 4.79 Å². The molecule has 0 aliphatic heterocycles. The van der Waals surface area contributed by atoms with Crippen LogP contribution in [0.3, 0.4) is 0 Å². The van der Waals surface area contributed by atoms with Crippen LogP contribution in [0, 0.1) is 17.6 Å². The monoisotopic (exact) mass is 253 g/mol. The largest absolute Gasteiger partial charge is 0.356 e. The SMILES string of the molecule is CCCC(=O)NCC1CC1c1cc(F)ccc1F. The van der Waals surface area contributed by atoms with E-state index in [4.69, 9.17) is 0 Å². The second kappa shape index (κ2) is 5.46. The van der Waals surface area contributed by atoms with Gasteiger partial charge in [0.15, 0.2) is 0 Å². The molecule has 18 heavy (non-hydrogen) atoms. The van der Waals surface area contributed by atoms with Crippen molar-refractivity contribution in [2.24, 2.45) is 5.92 Å². The number of nitrogens with one attached hydrogen (secondary N) is 1. The molecule has 1 aliphatic carbocycles. The van der Waals surface area contributed by atoms with Crippen molar-refractivity contribution >= 4 is 5.91 Å². The highest BCUT2D eigenvalue weighted by molar-refractivity contribution is 5.75. The van der Waals surface area contributed by atoms with Gasteiger partial charge in [-0.05, 0) is 48.4 Å². The van der Waals surface area contributed by atoms with Crippen LogP contribution in [0.4, 0.5) is 8.78 Å². The normalized spacial score (nSPS) is 21.7. The molecule has 2 atom stereocenters. The summed E-state index contributed by atoms with van der Waals surface area (Å²) in [6, 6.07) is 3.54. The summed E-state index contributed by atoms with van der Waals surface area (Å²) in [7, 11) is 0. The zero-order valence-corrected chi connectivity index (χ0v) is 10.4. The number of benzene rings is 1. The van der Waals surface area contributed by atoms with Crippen LogP contribution in [0.25, 0.3) is 0 Å². The molecule has 1 fully saturated rings. The Balaban J connectivity index is 1.87. The minimum Gasteiger partial charge on any atom is -0.356 e. The molecule has 1 aliphatic rings. The first kappa shape index (κ1) is 13.0. The van der Waals surface area contributed by atoms with Gasteiger partial charge in [-0.3, -0.25) is 4.79 Å².